The lowest BCUT2D eigenvalue weighted by atomic mass is 10.3. The first kappa shape index (κ1) is 14.2. The van der Waals surface area contributed by atoms with E-state index in [0.29, 0.717) is 18.8 Å². The standard InChI is InChI=1S/C11H16O5/c1-3-9(6-5-7-10(12)13)16-8-11(14)15-4-2/h5-7H,3-4,8H2,1-2H3,(H,12,13). The average Bonchev–Trinajstić information content (AvgIpc) is 2.23. The summed E-state index contributed by atoms with van der Waals surface area (Å²) in [7, 11) is 0. The third kappa shape index (κ3) is 7.61. The van der Waals surface area contributed by atoms with Gasteiger partial charge >= 0.3 is 11.9 Å². The molecular formula is C11H16O5. The van der Waals surface area contributed by atoms with Crippen molar-refractivity contribution in [2.24, 2.45) is 0 Å². The summed E-state index contributed by atoms with van der Waals surface area (Å²) in [5.74, 6) is -0.938. The highest BCUT2D eigenvalue weighted by atomic mass is 16.6. The fraction of sp³-hybridized carbons (Fsp3) is 0.455. The summed E-state index contributed by atoms with van der Waals surface area (Å²) in [6, 6.07) is 0. The summed E-state index contributed by atoms with van der Waals surface area (Å²) in [6.07, 6.45) is 4.42. The maximum absolute atomic E-state index is 11.0. The average molecular weight is 228 g/mol. The molecule has 0 aromatic carbocycles. The van der Waals surface area contributed by atoms with Gasteiger partial charge in [-0.15, -0.1) is 0 Å². The lowest BCUT2D eigenvalue weighted by molar-refractivity contribution is -0.147. The van der Waals surface area contributed by atoms with E-state index in [1.54, 1.807) is 6.92 Å². The van der Waals surface area contributed by atoms with Crippen molar-refractivity contribution in [1.82, 2.24) is 0 Å². The van der Waals surface area contributed by atoms with Crippen molar-refractivity contribution in [3.8, 4) is 0 Å². The van der Waals surface area contributed by atoms with Crippen LogP contribution in [0.2, 0.25) is 0 Å². The highest BCUT2D eigenvalue weighted by molar-refractivity contribution is 5.80. The number of carboxylic acid groups (broad SMARTS) is 1. The van der Waals surface area contributed by atoms with Crippen LogP contribution >= 0.6 is 0 Å². The van der Waals surface area contributed by atoms with E-state index in [1.807, 2.05) is 6.92 Å². The molecule has 0 amide bonds. The Bertz CT molecular complexity index is 291. The lowest BCUT2D eigenvalue weighted by Crippen LogP contribution is -2.12. The maximum atomic E-state index is 11.0. The van der Waals surface area contributed by atoms with Gasteiger partial charge in [0.05, 0.1) is 12.4 Å². The number of carbonyl (C=O) groups is 2. The van der Waals surface area contributed by atoms with Crippen LogP contribution in [0.25, 0.3) is 0 Å². The summed E-state index contributed by atoms with van der Waals surface area (Å²) in [5, 5.41) is 8.36. The van der Waals surface area contributed by atoms with Crippen molar-refractivity contribution >= 4 is 11.9 Å². The first-order chi connectivity index (χ1) is 7.60. The minimum Gasteiger partial charge on any atom is -0.486 e. The van der Waals surface area contributed by atoms with Crippen LogP contribution < -0.4 is 0 Å². The van der Waals surface area contributed by atoms with Gasteiger partial charge < -0.3 is 14.6 Å². The summed E-state index contributed by atoms with van der Waals surface area (Å²) >= 11 is 0. The number of carboxylic acids is 1. The molecule has 5 nitrogen and oxygen atoms in total. The fourth-order valence-electron chi connectivity index (χ4n) is 0.860. The van der Waals surface area contributed by atoms with Crippen LogP contribution in [-0.2, 0) is 19.1 Å². The molecule has 0 aromatic heterocycles. The molecule has 0 aliphatic rings. The Balaban J connectivity index is 4.09. The quantitative estimate of drug-likeness (QED) is 0.309. The molecule has 1 N–H and O–H groups in total. The van der Waals surface area contributed by atoms with Crippen molar-refractivity contribution in [1.29, 1.82) is 0 Å². The molecule has 0 aliphatic heterocycles. The molecule has 90 valence electrons. The van der Waals surface area contributed by atoms with E-state index in [0.717, 1.165) is 6.08 Å². The van der Waals surface area contributed by atoms with Crippen molar-refractivity contribution in [3.63, 3.8) is 0 Å². The molecule has 0 spiro atoms. The van der Waals surface area contributed by atoms with Crippen molar-refractivity contribution in [2.45, 2.75) is 20.3 Å². The zero-order chi connectivity index (χ0) is 12.4. The first-order valence-electron chi connectivity index (χ1n) is 4.98. The SMILES string of the molecule is CCOC(=O)COC(=CC=CC(=O)O)CC. The molecular weight excluding hydrogens is 212 g/mol. The van der Waals surface area contributed by atoms with Crippen LogP contribution in [0.4, 0.5) is 0 Å². The van der Waals surface area contributed by atoms with Gasteiger partial charge in [-0.2, -0.15) is 0 Å². The van der Waals surface area contributed by atoms with E-state index in [2.05, 4.69) is 4.74 Å². The van der Waals surface area contributed by atoms with E-state index in [9.17, 15) is 9.59 Å². The molecule has 0 atom stereocenters. The topological polar surface area (TPSA) is 72.8 Å². The molecule has 0 rings (SSSR count). The van der Waals surface area contributed by atoms with E-state index >= 15 is 0 Å². The van der Waals surface area contributed by atoms with Crippen LogP contribution in [-0.4, -0.2) is 30.3 Å². The Morgan fingerprint density at radius 3 is 2.44 bits per heavy atom. The molecule has 16 heavy (non-hydrogen) atoms. The van der Waals surface area contributed by atoms with Gasteiger partial charge in [-0.3, -0.25) is 0 Å². The normalized spacial score (nSPS) is 11.5. The Morgan fingerprint density at radius 2 is 1.94 bits per heavy atom. The molecule has 0 saturated carbocycles. The Labute approximate surface area is 94.4 Å². The second-order valence-electron chi connectivity index (χ2n) is 2.78. The van der Waals surface area contributed by atoms with Crippen LogP contribution in [0, 0.1) is 0 Å². The number of aliphatic carboxylic acids is 1. The maximum Gasteiger partial charge on any atom is 0.344 e. The Morgan fingerprint density at radius 1 is 1.25 bits per heavy atom. The van der Waals surface area contributed by atoms with E-state index in [4.69, 9.17) is 9.84 Å². The Kier molecular flexibility index (Phi) is 7.57. The predicted molar refractivity (Wildman–Crippen MR) is 57.7 cm³/mol. The van der Waals surface area contributed by atoms with Gasteiger partial charge in [0, 0.05) is 12.5 Å². The number of allylic oxidation sites excluding steroid dienone is 3. The van der Waals surface area contributed by atoms with Gasteiger partial charge in [-0.25, -0.2) is 9.59 Å². The van der Waals surface area contributed by atoms with E-state index in [-0.39, 0.29) is 6.61 Å². The van der Waals surface area contributed by atoms with Gasteiger partial charge in [-0.1, -0.05) is 13.0 Å². The van der Waals surface area contributed by atoms with Crippen molar-refractivity contribution in [3.05, 3.63) is 24.0 Å². The predicted octanol–water partition coefficient (Wildman–Crippen LogP) is 1.50. The summed E-state index contributed by atoms with van der Waals surface area (Å²) in [6.45, 7) is 3.70. The van der Waals surface area contributed by atoms with Crippen molar-refractivity contribution < 1.29 is 24.2 Å². The number of carbonyl (C=O) groups excluding carboxylic acids is 1. The highest BCUT2D eigenvalue weighted by Crippen LogP contribution is 2.03. The second kappa shape index (κ2) is 8.52. The van der Waals surface area contributed by atoms with Crippen LogP contribution in [0.5, 0.6) is 0 Å². The van der Waals surface area contributed by atoms with E-state index < -0.39 is 11.9 Å². The van der Waals surface area contributed by atoms with E-state index in [1.165, 1.54) is 12.2 Å². The first-order valence-corrected chi connectivity index (χ1v) is 4.98. The van der Waals surface area contributed by atoms with Crippen molar-refractivity contribution in [2.75, 3.05) is 13.2 Å². The number of esters is 1. The molecule has 0 aliphatic carbocycles. The van der Waals surface area contributed by atoms with Crippen LogP contribution in [0.15, 0.2) is 24.0 Å². The minimum absolute atomic E-state index is 0.158. The highest BCUT2D eigenvalue weighted by Gasteiger charge is 2.02. The molecule has 0 unspecified atom stereocenters. The Hall–Kier alpha value is -1.78. The zero-order valence-corrected chi connectivity index (χ0v) is 9.43. The smallest absolute Gasteiger partial charge is 0.344 e. The fourth-order valence-corrected chi connectivity index (χ4v) is 0.860. The molecule has 0 fully saturated rings. The molecule has 0 saturated heterocycles. The molecule has 0 radical (unpaired) electrons. The minimum atomic E-state index is -1.03. The monoisotopic (exact) mass is 228 g/mol. The molecule has 0 heterocycles. The second-order valence-corrected chi connectivity index (χ2v) is 2.78. The molecule has 5 heteroatoms. The van der Waals surface area contributed by atoms with Crippen LogP contribution in [0.3, 0.4) is 0 Å². The van der Waals surface area contributed by atoms with Gasteiger partial charge in [0.25, 0.3) is 0 Å². The number of ether oxygens (including phenoxy) is 2. The van der Waals surface area contributed by atoms with Crippen LogP contribution in [0.1, 0.15) is 20.3 Å². The zero-order valence-electron chi connectivity index (χ0n) is 9.43. The largest absolute Gasteiger partial charge is 0.486 e. The van der Waals surface area contributed by atoms with Gasteiger partial charge in [0.1, 0.15) is 0 Å². The summed E-state index contributed by atoms with van der Waals surface area (Å²) in [4.78, 5) is 21.1. The number of rotatable bonds is 7. The van der Waals surface area contributed by atoms with Gasteiger partial charge in [0.2, 0.25) is 0 Å². The third-order valence-electron chi connectivity index (χ3n) is 1.55. The molecule has 0 aromatic rings. The molecule has 0 bridgehead atoms. The summed E-state index contributed by atoms with van der Waals surface area (Å²) in [5.41, 5.74) is 0. The van der Waals surface area contributed by atoms with Gasteiger partial charge in [-0.05, 0) is 13.0 Å². The van der Waals surface area contributed by atoms with Gasteiger partial charge in [0.15, 0.2) is 6.61 Å². The summed E-state index contributed by atoms with van der Waals surface area (Å²) < 4.78 is 9.81. The lowest BCUT2D eigenvalue weighted by Gasteiger charge is -2.06. The number of hydrogen-bond acceptors (Lipinski definition) is 4. The third-order valence-corrected chi connectivity index (χ3v) is 1.55. The number of hydrogen-bond donors (Lipinski definition) is 1.